The van der Waals surface area contributed by atoms with Gasteiger partial charge in [0.1, 0.15) is 5.82 Å². The van der Waals surface area contributed by atoms with Gasteiger partial charge in [0.25, 0.3) is 0 Å². The van der Waals surface area contributed by atoms with E-state index in [0.717, 1.165) is 43.5 Å². The van der Waals surface area contributed by atoms with E-state index in [2.05, 4.69) is 26.1 Å². The van der Waals surface area contributed by atoms with Gasteiger partial charge in [-0.15, -0.1) is 0 Å². The van der Waals surface area contributed by atoms with Crippen molar-refractivity contribution in [3.05, 3.63) is 35.1 Å². The van der Waals surface area contributed by atoms with Crippen molar-refractivity contribution in [2.24, 2.45) is 5.92 Å². The van der Waals surface area contributed by atoms with Crippen molar-refractivity contribution in [1.82, 2.24) is 5.32 Å². The molecule has 1 fully saturated rings. The van der Waals surface area contributed by atoms with Crippen LogP contribution in [0.25, 0.3) is 0 Å². The van der Waals surface area contributed by atoms with Gasteiger partial charge in [0, 0.05) is 18.6 Å². The lowest BCUT2D eigenvalue weighted by molar-refractivity contribution is 0.0773. The maximum Gasteiger partial charge on any atom is 0.123 e. The van der Waals surface area contributed by atoms with Crippen LogP contribution in [0.3, 0.4) is 0 Å². The molecule has 3 unspecified atom stereocenters. The number of ether oxygens (including phenoxy) is 1. The predicted octanol–water partition coefficient (Wildman–Crippen LogP) is 3.99. The van der Waals surface area contributed by atoms with Gasteiger partial charge in [-0.1, -0.05) is 19.9 Å². The molecule has 1 aliphatic rings. The minimum Gasteiger partial charge on any atom is -0.378 e. The zero-order valence-electron chi connectivity index (χ0n) is 12.8. The van der Waals surface area contributed by atoms with E-state index < -0.39 is 0 Å². The lowest BCUT2D eigenvalue weighted by Gasteiger charge is -2.29. The van der Waals surface area contributed by atoms with E-state index in [-0.39, 0.29) is 18.0 Å². The van der Waals surface area contributed by atoms with E-state index in [4.69, 9.17) is 4.74 Å². The first-order valence-corrected chi connectivity index (χ1v) is 7.78. The molecule has 20 heavy (non-hydrogen) atoms. The van der Waals surface area contributed by atoms with Gasteiger partial charge in [0.05, 0.1) is 6.10 Å². The summed E-state index contributed by atoms with van der Waals surface area (Å²) in [5.74, 6) is 0.285. The second-order valence-electron chi connectivity index (χ2n) is 5.70. The van der Waals surface area contributed by atoms with Crippen molar-refractivity contribution < 1.29 is 9.13 Å². The average molecular weight is 279 g/mol. The molecule has 2 nitrogen and oxygen atoms in total. The molecular formula is C17H26FNO. The molecule has 0 spiro atoms. The molecule has 112 valence electrons. The summed E-state index contributed by atoms with van der Waals surface area (Å²) >= 11 is 0. The summed E-state index contributed by atoms with van der Waals surface area (Å²) in [7, 11) is 0. The van der Waals surface area contributed by atoms with Crippen LogP contribution in [-0.4, -0.2) is 19.3 Å². The first kappa shape index (κ1) is 15.5. The molecule has 0 amide bonds. The molecule has 0 aromatic heterocycles. The minimum atomic E-state index is -0.152. The van der Waals surface area contributed by atoms with E-state index in [0.29, 0.717) is 5.92 Å². The number of benzene rings is 1. The highest BCUT2D eigenvalue weighted by Crippen LogP contribution is 2.36. The van der Waals surface area contributed by atoms with Crippen LogP contribution in [0.2, 0.25) is 0 Å². The van der Waals surface area contributed by atoms with Crippen LogP contribution in [0.15, 0.2) is 18.2 Å². The van der Waals surface area contributed by atoms with Crippen LogP contribution < -0.4 is 5.32 Å². The zero-order chi connectivity index (χ0) is 14.5. The molecule has 0 bridgehead atoms. The maximum absolute atomic E-state index is 13.6. The van der Waals surface area contributed by atoms with Crippen molar-refractivity contribution in [1.29, 1.82) is 0 Å². The van der Waals surface area contributed by atoms with Gasteiger partial charge in [-0.3, -0.25) is 0 Å². The molecule has 1 aliphatic heterocycles. The lowest BCUT2D eigenvalue weighted by Crippen LogP contribution is -2.33. The smallest absolute Gasteiger partial charge is 0.123 e. The molecule has 1 heterocycles. The summed E-state index contributed by atoms with van der Waals surface area (Å²) in [6.45, 7) is 8.16. The van der Waals surface area contributed by atoms with Crippen LogP contribution in [0.1, 0.15) is 50.3 Å². The Bertz CT molecular complexity index is 435. The molecule has 2 rings (SSSR count). The predicted molar refractivity (Wildman–Crippen MR) is 80.3 cm³/mol. The van der Waals surface area contributed by atoms with Crippen LogP contribution in [0.4, 0.5) is 4.39 Å². The molecule has 1 N–H and O–H groups in total. The Kier molecular flexibility index (Phi) is 5.55. The minimum absolute atomic E-state index is 0.152. The van der Waals surface area contributed by atoms with Crippen molar-refractivity contribution in [2.75, 3.05) is 13.2 Å². The van der Waals surface area contributed by atoms with E-state index in [1.807, 2.05) is 6.07 Å². The number of hydrogen-bond acceptors (Lipinski definition) is 2. The van der Waals surface area contributed by atoms with E-state index in [1.165, 1.54) is 6.07 Å². The Balaban J connectivity index is 2.28. The van der Waals surface area contributed by atoms with Crippen molar-refractivity contribution >= 4 is 0 Å². The fraction of sp³-hybridized carbons (Fsp3) is 0.647. The van der Waals surface area contributed by atoms with Crippen LogP contribution in [0, 0.1) is 18.7 Å². The Morgan fingerprint density at radius 2 is 2.20 bits per heavy atom. The largest absolute Gasteiger partial charge is 0.378 e. The molecule has 0 radical (unpaired) electrons. The van der Waals surface area contributed by atoms with Crippen molar-refractivity contribution in [3.63, 3.8) is 0 Å². The van der Waals surface area contributed by atoms with E-state index in [1.54, 1.807) is 6.07 Å². The third kappa shape index (κ3) is 3.39. The first-order chi connectivity index (χ1) is 9.67. The maximum atomic E-state index is 13.6. The number of halogens is 1. The molecule has 1 aromatic rings. The van der Waals surface area contributed by atoms with Gasteiger partial charge in [0.15, 0.2) is 0 Å². The summed E-state index contributed by atoms with van der Waals surface area (Å²) in [6, 6.07) is 5.30. The second-order valence-corrected chi connectivity index (χ2v) is 5.70. The molecule has 0 saturated carbocycles. The third-order valence-electron chi connectivity index (χ3n) is 4.28. The Morgan fingerprint density at radius 3 is 2.90 bits per heavy atom. The molecular weight excluding hydrogens is 253 g/mol. The fourth-order valence-corrected chi connectivity index (χ4v) is 3.21. The number of rotatable bonds is 6. The van der Waals surface area contributed by atoms with Gasteiger partial charge in [-0.25, -0.2) is 4.39 Å². The highest BCUT2D eigenvalue weighted by molar-refractivity contribution is 5.30. The fourth-order valence-electron chi connectivity index (χ4n) is 3.21. The zero-order valence-corrected chi connectivity index (χ0v) is 12.8. The van der Waals surface area contributed by atoms with E-state index in [9.17, 15) is 4.39 Å². The van der Waals surface area contributed by atoms with Gasteiger partial charge < -0.3 is 10.1 Å². The topological polar surface area (TPSA) is 21.3 Å². The molecule has 3 heteroatoms. The van der Waals surface area contributed by atoms with Crippen LogP contribution in [-0.2, 0) is 4.74 Å². The SMILES string of the molecule is CCCNC(c1cc(F)ccc1C)C1CCOC1CC. The second kappa shape index (κ2) is 7.19. The van der Waals surface area contributed by atoms with Gasteiger partial charge in [-0.2, -0.15) is 0 Å². The highest BCUT2D eigenvalue weighted by atomic mass is 19.1. The summed E-state index contributed by atoms with van der Waals surface area (Å²) < 4.78 is 19.5. The van der Waals surface area contributed by atoms with Crippen molar-refractivity contribution in [3.8, 4) is 0 Å². The van der Waals surface area contributed by atoms with Crippen LogP contribution in [0.5, 0.6) is 0 Å². The van der Waals surface area contributed by atoms with E-state index >= 15 is 0 Å². The van der Waals surface area contributed by atoms with Gasteiger partial charge in [0.2, 0.25) is 0 Å². The van der Waals surface area contributed by atoms with Gasteiger partial charge in [-0.05, 0) is 56.0 Å². The summed E-state index contributed by atoms with van der Waals surface area (Å²) in [6.07, 6.45) is 3.43. The van der Waals surface area contributed by atoms with Crippen molar-refractivity contribution in [2.45, 2.75) is 52.2 Å². The standard InChI is InChI=1S/C17H26FNO/c1-4-9-19-17(14-8-10-20-16(14)5-2)15-11-13(18)7-6-12(15)3/h6-7,11,14,16-17,19H,4-5,8-10H2,1-3H3. The number of aryl methyl sites for hydroxylation is 1. The first-order valence-electron chi connectivity index (χ1n) is 7.78. The molecule has 1 aromatic carbocycles. The quantitative estimate of drug-likeness (QED) is 0.850. The molecule has 1 saturated heterocycles. The lowest BCUT2D eigenvalue weighted by atomic mass is 9.85. The van der Waals surface area contributed by atoms with Gasteiger partial charge >= 0.3 is 0 Å². The highest BCUT2D eigenvalue weighted by Gasteiger charge is 2.34. The summed E-state index contributed by atoms with van der Waals surface area (Å²) in [5, 5.41) is 3.61. The Hall–Kier alpha value is -0.930. The summed E-state index contributed by atoms with van der Waals surface area (Å²) in [5.41, 5.74) is 2.24. The average Bonchev–Trinajstić information content (AvgIpc) is 2.91. The number of nitrogens with one attached hydrogen (secondary N) is 1. The monoisotopic (exact) mass is 279 g/mol. The molecule has 3 atom stereocenters. The number of hydrogen-bond donors (Lipinski definition) is 1. The Labute approximate surface area is 121 Å². The normalized spacial score (nSPS) is 24.0. The third-order valence-corrected chi connectivity index (χ3v) is 4.28. The van der Waals surface area contributed by atoms with Crippen LogP contribution >= 0.6 is 0 Å². The Morgan fingerprint density at radius 1 is 1.40 bits per heavy atom. The molecule has 0 aliphatic carbocycles. The summed E-state index contributed by atoms with van der Waals surface area (Å²) in [4.78, 5) is 0.